The maximum absolute atomic E-state index is 13.3. The van der Waals surface area contributed by atoms with Crippen LogP contribution in [-0.4, -0.2) is 44.1 Å². The molecule has 5 amide bonds. The zero-order chi connectivity index (χ0) is 30.4. The molecule has 0 unspecified atom stereocenters. The summed E-state index contributed by atoms with van der Waals surface area (Å²) in [6.07, 6.45) is 2.10. The van der Waals surface area contributed by atoms with Gasteiger partial charge in [0.2, 0.25) is 0 Å². The molecule has 10 nitrogen and oxygen atoms in total. The molecule has 3 aromatic carbocycles. The van der Waals surface area contributed by atoms with Gasteiger partial charge in [0.15, 0.2) is 18.1 Å². The van der Waals surface area contributed by atoms with E-state index in [4.69, 9.17) is 25.8 Å². The van der Waals surface area contributed by atoms with Crippen LogP contribution in [0.5, 0.6) is 17.2 Å². The number of amides is 5. The summed E-state index contributed by atoms with van der Waals surface area (Å²) in [6, 6.07) is 14.0. The van der Waals surface area contributed by atoms with E-state index in [9.17, 15) is 19.2 Å². The van der Waals surface area contributed by atoms with Crippen molar-refractivity contribution in [2.24, 2.45) is 0 Å². The number of ether oxygens (including phenoxy) is 3. The van der Waals surface area contributed by atoms with Crippen molar-refractivity contribution >= 4 is 52.8 Å². The first kappa shape index (κ1) is 30.1. The van der Waals surface area contributed by atoms with Crippen LogP contribution in [0.1, 0.15) is 30.0 Å². The lowest BCUT2D eigenvalue weighted by Gasteiger charge is -2.27. The average molecular weight is 592 g/mol. The van der Waals surface area contributed by atoms with Crippen molar-refractivity contribution in [1.82, 2.24) is 5.32 Å². The highest BCUT2D eigenvalue weighted by Crippen LogP contribution is 2.34. The molecular weight excluding hydrogens is 562 g/mol. The third-order valence-corrected chi connectivity index (χ3v) is 6.56. The number of carbonyl (C=O) groups is 4. The number of barbiturate groups is 1. The summed E-state index contributed by atoms with van der Waals surface area (Å²) in [5.74, 6) is -1.01. The van der Waals surface area contributed by atoms with Gasteiger partial charge in [-0.2, -0.15) is 0 Å². The van der Waals surface area contributed by atoms with Crippen molar-refractivity contribution < 1.29 is 33.4 Å². The van der Waals surface area contributed by atoms with Gasteiger partial charge in [0.1, 0.15) is 11.3 Å². The molecule has 0 aromatic heterocycles. The summed E-state index contributed by atoms with van der Waals surface area (Å²) < 4.78 is 16.6. The second-order valence-corrected chi connectivity index (χ2v) is 9.89. The minimum absolute atomic E-state index is 0.160. The van der Waals surface area contributed by atoms with Gasteiger partial charge in [-0.25, -0.2) is 9.69 Å². The molecule has 218 valence electrons. The largest absolute Gasteiger partial charge is 0.493 e. The molecule has 3 aromatic rings. The topological polar surface area (TPSA) is 123 Å². The van der Waals surface area contributed by atoms with E-state index in [-0.39, 0.29) is 34.5 Å². The van der Waals surface area contributed by atoms with E-state index < -0.39 is 17.8 Å². The van der Waals surface area contributed by atoms with Gasteiger partial charge in [-0.3, -0.25) is 19.7 Å². The summed E-state index contributed by atoms with van der Waals surface area (Å²) in [5, 5.41) is 5.16. The third-order valence-electron chi connectivity index (χ3n) is 6.26. The fourth-order valence-corrected chi connectivity index (χ4v) is 4.35. The van der Waals surface area contributed by atoms with Gasteiger partial charge in [-0.15, -0.1) is 0 Å². The molecule has 11 heteroatoms. The lowest BCUT2D eigenvalue weighted by atomic mass is 10.1. The standard InChI is InChI=1S/C31H30ClN3O7/c1-5-12-41-26-11-9-21(16-27(26)40-4)35-30(38)22(29(37)34-31(35)39)14-20-8-10-25(23(32)15-20)42-17-28(36)33-24-13-18(2)6-7-19(24)3/h6-11,13-16H,5,12,17H2,1-4H3,(H,33,36)(H,34,37,39)/b22-14-. The number of nitrogens with one attached hydrogen (secondary N) is 2. The van der Waals surface area contributed by atoms with E-state index in [1.54, 1.807) is 12.1 Å². The van der Waals surface area contributed by atoms with E-state index in [0.29, 0.717) is 29.4 Å². The van der Waals surface area contributed by atoms with E-state index >= 15 is 0 Å². The van der Waals surface area contributed by atoms with Crippen LogP contribution in [-0.2, 0) is 14.4 Å². The summed E-state index contributed by atoms with van der Waals surface area (Å²) in [6.45, 7) is 5.97. The number of imide groups is 2. The molecular formula is C31H30ClN3O7. The van der Waals surface area contributed by atoms with Crippen LogP contribution < -0.4 is 29.7 Å². The lowest BCUT2D eigenvalue weighted by molar-refractivity contribution is -0.122. The van der Waals surface area contributed by atoms with E-state index in [1.807, 2.05) is 39.0 Å². The fraction of sp³-hybridized carbons (Fsp3) is 0.226. The fourth-order valence-electron chi connectivity index (χ4n) is 4.11. The van der Waals surface area contributed by atoms with Gasteiger partial charge in [0.25, 0.3) is 17.7 Å². The summed E-state index contributed by atoms with van der Waals surface area (Å²) >= 11 is 6.38. The Hall–Kier alpha value is -4.83. The Bertz CT molecular complexity index is 1580. The van der Waals surface area contributed by atoms with Gasteiger partial charge in [0, 0.05) is 11.8 Å². The van der Waals surface area contributed by atoms with E-state index in [1.165, 1.54) is 37.5 Å². The van der Waals surface area contributed by atoms with Gasteiger partial charge >= 0.3 is 6.03 Å². The summed E-state index contributed by atoms with van der Waals surface area (Å²) in [5.41, 5.74) is 2.94. The molecule has 0 radical (unpaired) electrons. The Balaban J connectivity index is 1.49. The van der Waals surface area contributed by atoms with Crippen LogP contribution in [0.4, 0.5) is 16.2 Å². The Morgan fingerprint density at radius 3 is 2.45 bits per heavy atom. The highest BCUT2D eigenvalue weighted by molar-refractivity contribution is 6.39. The van der Waals surface area contributed by atoms with Crippen LogP contribution in [0.15, 0.2) is 60.2 Å². The predicted octanol–water partition coefficient (Wildman–Crippen LogP) is 5.44. The Morgan fingerprint density at radius 1 is 0.976 bits per heavy atom. The van der Waals surface area contributed by atoms with Crippen LogP contribution in [0.25, 0.3) is 6.08 Å². The molecule has 1 saturated heterocycles. The monoisotopic (exact) mass is 591 g/mol. The number of halogens is 1. The second-order valence-electron chi connectivity index (χ2n) is 9.49. The highest BCUT2D eigenvalue weighted by atomic mass is 35.5. The van der Waals surface area contributed by atoms with Crippen molar-refractivity contribution in [3.8, 4) is 17.2 Å². The van der Waals surface area contributed by atoms with Crippen molar-refractivity contribution in [1.29, 1.82) is 0 Å². The van der Waals surface area contributed by atoms with Crippen LogP contribution in [0.3, 0.4) is 0 Å². The zero-order valence-electron chi connectivity index (χ0n) is 23.6. The van der Waals surface area contributed by atoms with Crippen molar-refractivity contribution in [3.05, 3.63) is 81.9 Å². The van der Waals surface area contributed by atoms with Crippen LogP contribution >= 0.6 is 11.6 Å². The second kappa shape index (κ2) is 13.2. The number of rotatable bonds is 10. The molecule has 1 fully saturated rings. The number of urea groups is 1. The zero-order valence-corrected chi connectivity index (χ0v) is 24.3. The number of anilines is 2. The first-order valence-corrected chi connectivity index (χ1v) is 13.5. The maximum atomic E-state index is 13.3. The highest BCUT2D eigenvalue weighted by Gasteiger charge is 2.37. The molecule has 1 aliphatic rings. The summed E-state index contributed by atoms with van der Waals surface area (Å²) in [7, 11) is 1.44. The third kappa shape index (κ3) is 6.90. The van der Waals surface area contributed by atoms with E-state index in [2.05, 4.69) is 10.6 Å². The molecule has 0 saturated carbocycles. The van der Waals surface area contributed by atoms with Crippen molar-refractivity contribution in [3.63, 3.8) is 0 Å². The number of nitrogens with zero attached hydrogens (tertiary/aromatic N) is 1. The van der Waals surface area contributed by atoms with Crippen LogP contribution in [0, 0.1) is 13.8 Å². The number of hydrogen-bond donors (Lipinski definition) is 2. The molecule has 0 aliphatic carbocycles. The van der Waals surface area contributed by atoms with Crippen LogP contribution in [0.2, 0.25) is 5.02 Å². The van der Waals surface area contributed by atoms with E-state index in [0.717, 1.165) is 22.4 Å². The molecule has 1 aliphatic heterocycles. The molecule has 42 heavy (non-hydrogen) atoms. The normalized spacial score (nSPS) is 14.1. The van der Waals surface area contributed by atoms with Gasteiger partial charge in [0.05, 0.1) is 24.4 Å². The van der Waals surface area contributed by atoms with Gasteiger partial charge in [-0.1, -0.05) is 36.7 Å². The molecule has 1 heterocycles. The number of carbonyl (C=O) groups excluding carboxylic acids is 4. The first-order valence-electron chi connectivity index (χ1n) is 13.1. The smallest absolute Gasteiger partial charge is 0.335 e. The minimum atomic E-state index is -0.896. The maximum Gasteiger partial charge on any atom is 0.335 e. The van der Waals surface area contributed by atoms with Gasteiger partial charge in [-0.05, 0) is 73.4 Å². The van der Waals surface area contributed by atoms with Gasteiger partial charge < -0.3 is 19.5 Å². The van der Waals surface area contributed by atoms with Crippen molar-refractivity contribution in [2.45, 2.75) is 27.2 Å². The van der Waals surface area contributed by atoms with Crippen molar-refractivity contribution in [2.75, 3.05) is 30.5 Å². The molecule has 0 spiro atoms. The number of hydrogen-bond acceptors (Lipinski definition) is 7. The molecule has 0 bridgehead atoms. The average Bonchev–Trinajstić information content (AvgIpc) is 2.95. The Morgan fingerprint density at radius 2 is 1.74 bits per heavy atom. The summed E-state index contributed by atoms with van der Waals surface area (Å²) in [4.78, 5) is 51.9. The minimum Gasteiger partial charge on any atom is -0.493 e. The number of methoxy groups -OCH3 is 1. The predicted molar refractivity (Wildman–Crippen MR) is 159 cm³/mol. The quantitative estimate of drug-likeness (QED) is 0.238. The lowest BCUT2D eigenvalue weighted by Crippen LogP contribution is -2.54. The number of benzene rings is 3. The number of aryl methyl sites for hydroxylation is 2. The molecule has 0 atom stereocenters. The molecule has 4 rings (SSSR count). The SMILES string of the molecule is CCCOc1ccc(N2C(=O)NC(=O)/C(=C/c3ccc(OCC(=O)Nc4cc(C)ccc4C)c(Cl)c3)C2=O)cc1OC. The molecule has 2 N–H and O–H groups in total. The Labute approximate surface area is 248 Å². The Kier molecular flexibility index (Phi) is 9.49. The first-order chi connectivity index (χ1) is 20.1.